The molecule has 15 heteroatoms. The standard InChI is InChI=1S/C37H39ClN8O4S2/c1-23(43-34(47)31(42)5-2-3-14-39)37(48)50-18-17-49-28-12-8-24(9-13-28)32-29(19-40)33(46-15-4-16-46)45-36(30(32)20-41)52-22-27-21-51-35(44-27)25-6-10-26(38)11-7-25/h6-13,21,23,31H,2-5,14-18,22,39,42H2,1H3,(H,43,47). The van der Waals surface area contributed by atoms with Crippen LogP contribution in [0.3, 0.4) is 0 Å². The average molecular weight is 759 g/mol. The summed E-state index contributed by atoms with van der Waals surface area (Å²) in [6.07, 6.45) is 2.98. The van der Waals surface area contributed by atoms with E-state index >= 15 is 0 Å². The van der Waals surface area contributed by atoms with Gasteiger partial charge in [0, 0.05) is 40.4 Å². The van der Waals surface area contributed by atoms with Crippen LogP contribution in [0.25, 0.3) is 21.7 Å². The number of nitrogens with zero attached hydrogens (tertiary/aromatic N) is 5. The lowest BCUT2D eigenvalue weighted by Crippen LogP contribution is -2.47. The van der Waals surface area contributed by atoms with Crippen LogP contribution in [0.2, 0.25) is 5.02 Å². The van der Waals surface area contributed by atoms with E-state index in [0.717, 1.165) is 48.6 Å². The zero-order valence-corrected chi connectivity index (χ0v) is 31.0. The van der Waals surface area contributed by atoms with Crippen molar-refractivity contribution in [3.05, 3.63) is 75.8 Å². The van der Waals surface area contributed by atoms with Crippen LogP contribution in [0.5, 0.6) is 5.75 Å². The number of amides is 1. The van der Waals surface area contributed by atoms with Crippen LogP contribution in [0.1, 0.15) is 49.4 Å². The van der Waals surface area contributed by atoms with Gasteiger partial charge >= 0.3 is 5.97 Å². The Bertz CT molecular complexity index is 1940. The van der Waals surface area contributed by atoms with Gasteiger partial charge in [0.2, 0.25) is 5.91 Å². The third kappa shape index (κ3) is 9.79. The minimum atomic E-state index is -0.867. The Morgan fingerprint density at radius 2 is 1.75 bits per heavy atom. The molecule has 5 rings (SSSR count). The van der Waals surface area contributed by atoms with E-state index in [2.05, 4.69) is 22.4 Å². The molecule has 1 amide bonds. The van der Waals surface area contributed by atoms with Crippen LogP contribution in [0, 0.1) is 22.7 Å². The van der Waals surface area contributed by atoms with E-state index in [-0.39, 0.29) is 13.2 Å². The van der Waals surface area contributed by atoms with Gasteiger partial charge in [0.1, 0.15) is 58.6 Å². The molecule has 2 atom stereocenters. The van der Waals surface area contributed by atoms with Gasteiger partial charge in [-0.15, -0.1) is 11.3 Å². The maximum absolute atomic E-state index is 12.4. The number of anilines is 1. The molecule has 4 aromatic rings. The van der Waals surface area contributed by atoms with Gasteiger partial charge in [0.25, 0.3) is 0 Å². The highest BCUT2D eigenvalue weighted by Crippen LogP contribution is 2.40. The second-order valence-electron chi connectivity index (χ2n) is 12.0. The van der Waals surface area contributed by atoms with Crippen LogP contribution in [0.4, 0.5) is 5.82 Å². The Morgan fingerprint density at radius 3 is 2.40 bits per heavy atom. The lowest BCUT2D eigenvalue weighted by atomic mass is 9.96. The minimum absolute atomic E-state index is 0.0369. The zero-order valence-electron chi connectivity index (χ0n) is 28.6. The van der Waals surface area contributed by atoms with E-state index in [4.69, 9.17) is 42.5 Å². The van der Waals surface area contributed by atoms with Gasteiger partial charge in [-0.25, -0.2) is 14.8 Å². The van der Waals surface area contributed by atoms with E-state index in [1.165, 1.54) is 30.0 Å². The molecule has 0 saturated carbocycles. The number of carbonyl (C=O) groups is 2. The first-order chi connectivity index (χ1) is 25.2. The number of thiazole rings is 1. The topological polar surface area (TPSA) is 193 Å². The van der Waals surface area contributed by atoms with E-state index in [0.29, 0.717) is 62.6 Å². The fourth-order valence-corrected chi connectivity index (χ4v) is 7.25. The van der Waals surface area contributed by atoms with Crippen LogP contribution >= 0.6 is 34.7 Å². The number of rotatable bonds is 17. The molecule has 2 unspecified atom stereocenters. The van der Waals surface area contributed by atoms with E-state index in [1.54, 1.807) is 24.3 Å². The fraction of sp³-hybridized carbons (Fsp3) is 0.351. The van der Waals surface area contributed by atoms with Crippen molar-refractivity contribution in [2.45, 2.75) is 55.5 Å². The summed E-state index contributed by atoms with van der Waals surface area (Å²) in [6, 6.07) is 17.6. The first-order valence-corrected chi connectivity index (χ1v) is 19.1. The van der Waals surface area contributed by atoms with E-state index in [1.807, 2.05) is 29.6 Å². The fourth-order valence-electron chi connectivity index (χ4n) is 5.32. The first kappa shape index (κ1) is 38.5. The van der Waals surface area contributed by atoms with Gasteiger partial charge in [0.15, 0.2) is 0 Å². The SMILES string of the molecule is CC(NC(=O)C(N)CCCCN)C(=O)OCCOc1ccc(-c2c(C#N)c(SCc3csc(-c4ccc(Cl)cc4)n3)nc(N3CCC3)c2C#N)cc1. The number of thioether (sulfide) groups is 1. The van der Waals surface area contributed by atoms with Crippen LogP contribution in [-0.2, 0) is 20.1 Å². The number of nitrogens with one attached hydrogen (secondary N) is 1. The number of carbonyl (C=O) groups excluding carboxylic acids is 2. The Balaban J connectivity index is 1.24. The molecule has 1 aliphatic heterocycles. The minimum Gasteiger partial charge on any atom is -0.490 e. The van der Waals surface area contributed by atoms with Gasteiger partial charge in [-0.1, -0.05) is 54.0 Å². The summed E-state index contributed by atoms with van der Waals surface area (Å²) >= 11 is 8.99. The van der Waals surface area contributed by atoms with E-state index < -0.39 is 24.0 Å². The molecule has 2 aromatic heterocycles. The molecule has 270 valence electrons. The predicted octanol–water partition coefficient (Wildman–Crippen LogP) is 5.65. The number of nitrogens with two attached hydrogens (primary N) is 2. The van der Waals surface area contributed by atoms with Crippen molar-refractivity contribution in [3.8, 4) is 39.6 Å². The molecule has 52 heavy (non-hydrogen) atoms. The summed E-state index contributed by atoms with van der Waals surface area (Å²) in [5.74, 6) is 0.537. The van der Waals surface area contributed by atoms with Crippen LogP contribution in [0.15, 0.2) is 58.9 Å². The van der Waals surface area contributed by atoms with Crippen LogP contribution < -0.4 is 26.4 Å². The molecule has 1 saturated heterocycles. The summed E-state index contributed by atoms with van der Waals surface area (Å²) in [4.78, 5) is 36.4. The summed E-state index contributed by atoms with van der Waals surface area (Å²) in [5.41, 5.74) is 15.1. The molecule has 5 N–H and O–H groups in total. The summed E-state index contributed by atoms with van der Waals surface area (Å²) in [5, 5.41) is 27.4. The summed E-state index contributed by atoms with van der Waals surface area (Å²) < 4.78 is 11.1. The lowest BCUT2D eigenvalue weighted by Gasteiger charge is -2.33. The Morgan fingerprint density at radius 1 is 1.04 bits per heavy atom. The number of benzene rings is 2. The largest absolute Gasteiger partial charge is 0.490 e. The van der Waals surface area contributed by atoms with Crippen molar-refractivity contribution in [3.63, 3.8) is 0 Å². The average Bonchev–Trinajstić information content (AvgIpc) is 3.61. The molecule has 0 aliphatic carbocycles. The van der Waals surface area contributed by atoms with Crippen molar-refractivity contribution in [1.82, 2.24) is 15.3 Å². The molecule has 3 heterocycles. The Hall–Kier alpha value is -4.70. The van der Waals surface area contributed by atoms with Crippen LogP contribution in [-0.4, -0.2) is 66.8 Å². The molecule has 2 aromatic carbocycles. The highest BCUT2D eigenvalue weighted by Gasteiger charge is 2.27. The number of pyridine rings is 1. The molecule has 0 bridgehead atoms. The molecular formula is C37H39ClN8O4S2. The van der Waals surface area contributed by atoms with Crippen molar-refractivity contribution in [2.75, 3.05) is 37.7 Å². The molecular weight excluding hydrogens is 720 g/mol. The quantitative estimate of drug-likeness (QED) is 0.0681. The predicted molar refractivity (Wildman–Crippen MR) is 203 cm³/mol. The lowest BCUT2D eigenvalue weighted by molar-refractivity contribution is -0.148. The van der Waals surface area contributed by atoms with Crippen molar-refractivity contribution in [2.24, 2.45) is 11.5 Å². The Labute approximate surface area is 316 Å². The van der Waals surface area contributed by atoms with Gasteiger partial charge in [-0.05, 0) is 62.6 Å². The third-order valence-corrected chi connectivity index (χ3v) is 10.5. The number of esters is 1. The number of aromatic nitrogens is 2. The summed E-state index contributed by atoms with van der Waals surface area (Å²) in [7, 11) is 0. The smallest absolute Gasteiger partial charge is 0.328 e. The number of ether oxygens (including phenoxy) is 2. The summed E-state index contributed by atoms with van der Waals surface area (Å²) in [6.45, 7) is 3.65. The van der Waals surface area contributed by atoms with Crippen molar-refractivity contribution >= 4 is 52.4 Å². The second kappa shape index (κ2) is 18.7. The number of nitriles is 2. The van der Waals surface area contributed by atoms with E-state index in [9.17, 15) is 20.1 Å². The number of unbranched alkanes of at least 4 members (excludes halogenated alkanes) is 1. The molecule has 1 aliphatic rings. The van der Waals surface area contributed by atoms with Gasteiger partial charge in [-0.3, -0.25) is 4.79 Å². The zero-order chi connectivity index (χ0) is 37.0. The number of halogens is 1. The van der Waals surface area contributed by atoms with Gasteiger partial charge in [0.05, 0.1) is 17.3 Å². The van der Waals surface area contributed by atoms with Crippen molar-refractivity contribution < 1.29 is 19.1 Å². The normalized spacial score (nSPS) is 13.3. The van der Waals surface area contributed by atoms with Gasteiger partial charge < -0.3 is 31.2 Å². The second-order valence-corrected chi connectivity index (χ2v) is 14.3. The molecule has 0 radical (unpaired) electrons. The molecule has 1 fully saturated rings. The van der Waals surface area contributed by atoms with Crippen molar-refractivity contribution in [1.29, 1.82) is 10.5 Å². The van der Waals surface area contributed by atoms with Gasteiger partial charge in [-0.2, -0.15) is 10.5 Å². The number of hydrogen-bond acceptors (Lipinski definition) is 13. The maximum atomic E-state index is 12.4. The molecule has 0 spiro atoms. The Kier molecular flexibility index (Phi) is 13.8. The number of hydrogen-bond donors (Lipinski definition) is 3. The highest BCUT2D eigenvalue weighted by molar-refractivity contribution is 7.98. The molecule has 12 nitrogen and oxygen atoms in total. The third-order valence-electron chi connectivity index (χ3n) is 8.28. The monoisotopic (exact) mass is 758 g/mol. The highest BCUT2D eigenvalue weighted by atomic mass is 35.5. The maximum Gasteiger partial charge on any atom is 0.328 e. The first-order valence-electron chi connectivity index (χ1n) is 16.8.